The molecule has 4 nitrogen and oxygen atoms in total. The Morgan fingerprint density at radius 1 is 0.326 bits per heavy atom. The van der Waals surface area contributed by atoms with Crippen LogP contribution in [0.5, 0.6) is 0 Å². The third kappa shape index (κ3) is 9.63. The van der Waals surface area contributed by atoms with Gasteiger partial charge in [0.1, 0.15) is 0 Å². The summed E-state index contributed by atoms with van der Waals surface area (Å²) in [5.41, 5.74) is 26.2. The van der Waals surface area contributed by atoms with Crippen LogP contribution in [0, 0.1) is 27.7 Å². The minimum absolute atomic E-state index is 0.0931. The van der Waals surface area contributed by atoms with Gasteiger partial charge in [0.2, 0.25) is 0 Å². The number of aryl methyl sites for hydroxylation is 4. The van der Waals surface area contributed by atoms with Gasteiger partial charge in [-0.1, -0.05) is 194 Å². The number of hydrogen-bond acceptors (Lipinski definition) is 6. The van der Waals surface area contributed by atoms with Crippen LogP contribution >= 0.6 is 22.7 Å². The lowest BCUT2D eigenvalue weighted by Crippen LogP contribution is -2.61. The molecule has 7 heteroatoms. The lowest BCUT2D eigenvalue weighted by molar-refractivity contribution is 0.590. The number of rotatable bonds is 8. The normalized spacial score (nSPS) is 13.2. The molecule has 2 aliphatic rings. The van der Waals surface area contributed by atoms with Crippen molar-refractivity contribution in [3.8, 4) is 0 Å². The number of benzene rings is 11. The summed E-state index contributed by atoms with van der Waals surface area (Å²) in [6.07, 6.45) is 0. The summed E-state index contributed by atoms with van der Waals surface area (Å²) in [7, 11) is 0. The first-order valence-electron chi connectivity index (χ1n) is 31.5. The van der Waals surface area contributed by atoms with Crippen molar-refractivity contribution in [2.75, 3.05) is 19.6 Å². The van der Waals surface area contributed by atoms with Gasteiger partial charge < -0.3 is 19.6 Å². The molecule has 13 aromatic rings. The quantitative estimate of drug-likeness (QED) is 0.141. The molecular weight excluding hydrogens is 1120 g/mol. The van der Waals surface area contributed by atoms with Gasteiger partial charge in [-0.15, -0.1) is 22.7 Å². The molecule has 438 valence electrons. The molecule has 0 bridgehead atoms. The van der Waals surface area contributed by atoms with E-state index in [-0.39, 0.29) is 23.0 Å². The second-order valence-corrected chi connectivity index (χ2v) is 30.4. The molecule has 0 saturated heterocycles. The molecule has 0 spiro atoms. The van der Waals surface area contributed by atoms with Gasteiger partial charge in [-0.25, -0.2) is 0 Å². The topological polar surface area (TPSA) is 13.0 Å². The summed E-state index contributed by atoms with van der Waals surface area (Å²) in [5, 5.41) is 5.04. The third-order valence-corrected chi connectivity index (χ3v) is 21.0. The van der Waals surface area contributed by atoms with Crippen LogP contribution in [0.15, 0.2) is 218 Å². The number of nitrogens with zero attached hydrogens (tertiary/aromatic N) is 4. The summed E-state index contributed by atoms with van der Waals surface area (Å²) in [6.45, 7) is 30.0. The molecule has 11 aromatic carbocycles. The highest BCUT2D eigenvalue weighted by atomic mass is 32.1. The predicted molar refractivity (Wildman–Crippen MR) is 391 cm³/mol. The molecule has 2 aliphatic heterocycles. The van der Waals surface area contributed by atoms with Crippen molar-refractivity contribution in [2.24, 2.45) is 0 Å². The van der Waals surface area contributed by atoms with Crippen molar-refractivity contribution >= 4 is 154 Å². The highest BCUT2D eigenvalue weighted by molar-refractivity contribution is 7.26. The molecule has 0 fully saturated rings. The van der Waals surface area contributed by atoms with Gasteiger partial charge in [-0.2, -0.15) is 0 Å². The van der Waals surface area contributed by atoms with Crippen molar-refractivity contribution < 1.29 is 0 Å². The fourth-order valence-electron chi connectivity index (χ4n) is 13.8. The second-order valence-electron chi connectivity index (χ2n) is 28.2. The zero-order chi connectivity index (χ0) is 61.6. The van der Waals surface area contributed by atoms with Crippen molar-refractivity contribution in [1.29, 1.82) is 0 Å². The SMILES string of the molecule is Cc1ccc(N(c2ccc(C)cc2)c2cc(N3c4ccc(C(C)(C)C)cc4B4c5cc(C(C)(C)C)ccc5N(c5cc(N(c6ccc(C)cc6)c6ccc(C)cc6)c6c(c5)sc5ccccc56)c5cc(C(C)(C)C)cc3c54)cc3sc4ccccc4c23)cc1. The minimum Gasteiger partial charge on any atom is -0.311 e. The number of fused-ring (bicyclic) bond motifs is 10. The second kappa shape index (κ2) is 20.9. The summed E-state index contributed by atoms with van der Waals surface area (Å²) in [5.74, 6) is 0. The molecule has 0 amide bonds. The average Bonchev–Trinajstić information content (AvgIpc) is 0.758. The minimum atomic E-state index is -0.229. The van der Waals surface area contributed by atoms with Gasteiger partial charge in [0, 0.05) is 97.2 Å². The Morgan fingerprint density at radius 3 is 1.00 bits per heavy atom. The number of anilines is 12. The molecule has 0 radical (unpaired) electrons. The van der Waals surface area contributed by atoms with E-state index in [4.69, 9.17) is 0 Å². The molecule has 0 unspecified atom stereocenters. The standard InChI is InChI=1S/C82H75BN4S2/c1-50-22-32-57(33-23-50)84(58-34-24-51(2)25-35-58)69-46-61(48-75-77(69)63-18-14-16-20-73(63)88-75)86-67-40-30-54(80(5,6)7)42-65(67)83-66-43-55(81(8,9)10)31-41-68(66)87(72-45-56(82(11,12)13)44-71(86)79(72)83)62-47-70(78-64-19-15-17-21-74(64)89-76(78)49-62)85(59-36-26-52(3)27-37-59)60-38-28-53(4)29-39-60/h14-49H,1-13H3. The van der Waals surface area contributed by atoms with Gasteiger partial charge in [-0.05, 0) is 186 Å². The Hall–Kier alpha value is -8.88. The molecular formula is C82H75BN4S2. The van der Waals surface area contributed by atoms with Gasteiger partial charge >= 0.3 is 0 Å². The predicted octanol–water partition coefficient (Wildman–Crippen LogP) is 22.6. The first-order chi connectivity index (χ1) is 42.6. The Morgan fingerprint density at radius 2 is 0.663 bits per heavy atom. The van der Waals surface area contributed by atoms with Crippen LogP contribution in [-0.2, 0) is 16.2 Å². The van der Waals surface area contributed by atoms with E-state index in [2.05, 4.69) is 328 Å². The fraction of sp³-hybridized carbons (Fsp3) is 0.195. The van der Waals surface area contributed by atoms with Crippen LogP contribution in [0.3, 0.4) is 0 Å². The van der Waals surface area contributed by atoms with E-state index in [0.717, 1.165) is 45.5 Å². The highest BCUT2D eigenvalue weighted by Crippen LogP contribution is 2.54. The average molecular weight is 1190 g/mol. The molecule has 0 aliphatic carbocycles. The molecule has 2 aromatic heterocycles. The monoisotopic (exact) mass is 1190 g/mol. The molecule has 0 saturated carbocycles. The van der Waals surface area contributed by atoms with E-state index >= 15 is 0 Å². The van der Waals surface area contributed by atoms with Gasteiger partial charge in [0.25, 0.3) is 6.71 Å². The van der Waals surface area contributed by atoms with Crippen LogP contribution in [0.25, 0.3) is 40.3 Å². The lowest BCUT2D eigenvalue weighted by atomic mass is 9.33. The third-order valence-electron chi connectivity index (χ3n) is 18.7. The maximum absolute atomic E-state index is 2.66. The molecule has 0 atom stereocenters. The zero-order valence-electron chi connectivity index (χ0n) is 53.5. The smallest absolute Gasteiger partial charge is 0.252 e. The van der Waals surface area contributed by atoms with Crippen LogP contribution in [0.4, 0.5) is 68.2 Å². The zero-order valence-corrected chi connectivity index (χ0v) is 55.1. The Bertz CT molecular complexity index is 4560. The first kappa shape index (κ1) is 56.6. The Labute approximate surface area is 534 Å². The maximum Gasteiger partial charge on any atom is 0.252 e. The van der Waals surface area contributed by atoms with Crippen LogP contribution in [0.1, 0.15) is 101 Å². The van der Waals surface area contributed by atoms with Crippen LogP contribution in [0.2, 0.25) is 0 Å². The van der Waals surface area contributed by atoms with Crippen LogP contribution < -0.4 is 36.0 Å². The van der Waals surface area contributed by atoms with E-state index in [0.29, 0.717) is 0 Å². The van der Waals surface area contributed by atoms with Crippen molar-refractivity contribution in [1.82, 2.24) is 0 Å². The highest BCUT2D eigenvalue weighted by Gasteiger charge is 2.46. The van der Waals surface area contributed by atoms with Crippen molar-refractivity contribution in [3.05, 3.63) is 257 Å². The van der Waals surface area contributed by atoms with E-state index < -0.39 is 0 Å². The van der Waals surface area contributed by atoms with Crippen LogP contribution in [-0.4, -0.2) is 6.71 Å². The largest absolute Gasteiger partial charge is 0.311 e. The van der Waals surface area contributed by atoms with Crippen molar-refractivity contribution in [3.63, 3.8) is 0 Å². The van der Waals surface area contributed by atoms with Gasteiger partial charge in [-0.3, -0.25) is 0 Å². The number of hydrogen-bond donors (Lipinski definition) is 0. The lowest BCUT2D eigenvalue weighted by Gasteiger charge is -2.46. The van der Waals surface area contributed by atoms with Gasteiger partial charge in [0.15, 0.2) is 0 Å². The Kier molecular flexibility index (Phi) is 13.3. The van der Waals surface area contributed by atoms with E-state index in [1.807, 2.05) is 22.7 Å². The molecule has 89 heavy (non-hydrogen) atoms. The van der Waals surface area contributed by atoms with E-state index in [1.165, 1.54) is 118 Å². The van der Waals surface area contributed by atoms with Crippen molar-refractivity contribution in [2.45, 2.75) is 106 Å². The Balaban J connectivity index is 1.07. The molecule has 15 rings (SSSR count). The van der Waals surface area contributed by atoms with E-state index in [9.17, 15) is 0 Å². The van der Waals surface area contributed by atoms with E-state index in [1.54, 1.807) is 0 Å². The summed E-state index contributed by atoms with van der Waals surface area (Å²) in [4.78, 5) is 10.3. The first-order valence-corrected chi connectivity index (χ1v) is 33.1. The fourth-order valence-corrected chi connectivity index (χ4v) is 16.1. The summed E-state index contributed by atoms with van der Waals surface area (Å²) < 4.78 is 5.04. The summed E-state index contributed by atoms with van der Waals surface area (Å²) in [6, 6.07) is 84.4. The summed E-state index contributed by atoms with van der Waals surface area (Å²) >= 11 is 3.79. The maximum atomic E-state index is 2.66. The number of thiophene rings is 2. The van der Waals surface area contributed by atoms with Gasteiger partial charge in [0.05, 0.1) is 11.4 Å². The molecule has 0 N–H and O–H groups in total. The molecule has 4 heterocycles.